The second-order valence-electron chi connectivity index (χ2n) is 5.75. The molecule has 0 unspecified atom stereocenters. The molecule has 0 bridgehead atoms. The summed E-state index contributed by atoms with van der Waals surface area (Å²) < 4.78 is 5.30. The predicted octanol–water partition coefficient (Wildman–Crippen LogP) is 3.85. The van der Waals surface area contributed by atoms with Gasteiger partial charge < -0.3 is 15.4 Å². The van der Waals surface area contributed by atoms with Gasteiger partial charge in [0.25, 0.3) is 5.91 Å². The third-order valence-corrected chi connectivity index (χ3v) is 4.13. The van der Waals surface area contributed by atoms with Gasteiger partial charge in [-0.05, 0) is 36.2 Å². The molecule has 0 atom stereocenters. The number of carbonyl (C=O) groups is 1. The number of hydrogen-bond donors (Lipinski definition) is 2. The van der Waals surface area contributed by atoms with Gasteiger partial charge in [0.2, 0.25) is 0 Å². The first-order valence-electron chi connectivity index (χ1n) is 8.40. The average Bonchev–Trinajstić information content (AvgIpc) is 2.70. The average molecular weight is 383 g/mol. The highest BCUT2D eigenvalue weighted by Gasteiger charge is 2.10. The maximum Gasteiger partial charge on any atom is 0.270 e. The molecule has 0 aliphatic carbocycles. The summed E-state index contributed by atoms with van der Waals surface area (Å²) in [6, 6.07) is 16.6. The van der Waals surface area contributed by atoms with Gasteiger partial charge in [0.15, 0.2) is 0 Å². The third-order valence-electron chi connectivity index (χ3n) is 3.88. The highest BCUT2D eigenvalue weighted by molar-refractivity contribution is 6.30. The molecule has 3 aromatic rings. The van der Waals surface area contributed by atoms with Crippen LogP contribution >= 0.6 is 11.6 Å². The number of carbonyl (C=O) groups excluding carboxylic acids is 1. The van der Waals surface area contributed by atoms with Crippen molar-refractivity contribution in [2.24, 2.45) is 0 Å². The molecule has 0 fully saturated rings. The van der Waals surface area contributed by atoms with Crippen molar-refractivity contribution < 1.29 is 9.53 Å². The van der Waals surface area contributed by atoms with Crippen LogP contribution < -0.4 is 15.4 Å². The van der Waals surface area contributed by atoms with Crippen LogP contribution in [0.4, 0.5) is 11.5 Å². The van der Waals surface area contributed by atoms with E-state index in [-0.39, 0.29) is 5.91 Å². The molecule has 0 spiro atoms. The fourth-order valence-corrected chi connectivity index (χ4v) is 2.62. The van der Waals surface area contributed by atoms with Gasteiger partial charge >= 0.3 is 0 Å². The normalized spacial score (nSPS) is 10.3. The standard InChI is InChI=1S/C20H19ClN4O2/c1-27-18-5-3-2-4-16(18)25-19-12-17(23-13-24-19)20(26)22-11-10-14-6-8-15(21)9-7-14/h2-9,12-13H,10-11H2,1H3,(H,22,26)(H,23,24,25). The Hall–Kier alpha value is -3.12. The van der Waals surface area contributed by atoms with E-state index in [0.717, 1.165) is 11.3 Å². The summed E-state index contributed by atoms with van der Waals surface area (Å²) in [6.07, 6.45) is 2.06. The monoisotopic (exact) mass is 382 g/mol. The minimum Gasteiger partial charge on any atom is -0.495 e. The first kappa shape index (κ1) is 18.7. The summed E-state index contributed by atoms with van der Waals surface area (Å²) in [5.74, 6) is 0.942. The van der Waals surface area contributed by atoms with Crippen LogP contribution in [0, 0.1) is 0 Å². The molecule has 2 N–H and O–H groups in total. The van der Waals surface area contributed by atoms with Gasteiger partial charge in [-0.2, -0.15) is 0 Å². The Labute approximate surface area is 162 Å². The van der Waals surface area contributed by atoms with Crippen molar-refractivity contribution >= 4 is 29.0 Å². The second kappa shape index (κ2) is 9.00. The minimum absolute atomic E-state index is 0.255. The number of methoxy groups -OCH3 is 1. The van der Waals surface area contributed by atoms with Gasteiger partial charge in [-0.1, -0.05) is 35.9 Å². The van der Waals surface area contributed by atoms with Crippen molar-refractivity contribution in [3.05, 3.63) is 77.2 Å². The van der Waals surface area contributed by atoms with Crippen molar-refractivity contribution in [2.45, 2.75) is 6.42 Å². The van der Waals surface area contributed by atoms with Crippen molar-refractivity contribution in [1.82, 2.24) is 15.3 Å². The zero-order chi connectivity index (χ0) is 19.1. The summed E-state index contributed by atoms with van der Waals surface area (Å²) in [4.78, 5) is 20.5. The maximum atomic E-state index is 12.3. The number of nitrogens with zero attached hydrogens (tertiary/aromatic N) is 2. The summed E-state index contributed by atoms with van der Waals surface area (Å²) >= 11 is 5.87. The number of aromatic nitrogens is 2. The molecular formula is C20H19ClN4O2. The van der Waals surface area contributed by atoms with Crippen LogP contribution in [0.3, 0.4) is 0 Å². The Kier molecular flexibility index (Phi) is 6.22. The highest BCUT2D eigenvalue weighted by atomic mass is 35.5. The van der Waals surface area contributed by atoms with Crippen LogP contribution in [-0.4, -0.2) is 29.5 Å². The fraction of sp³-hybridized carbons (Fsp3) is 0.150. The molecule has 0 aliphatic heterocycles. The molecule has 27 heavy (non-hydrogen) atoms. The van der Waals surface area contributed by atoms with E-state index in [9.17, 15) is 4.79 Å². The van der Waals surface area contributed by atoms with Crippen molar-refractivity contribution in [3.8, 4) is 5.75 Å². The zero-order valence-corrected chi connectivity index (χ0v) is 15.5. The molecule has 0 saturated heterocycles. The first-order chi connectivity index (χ1) is 13.2. The van der Waals surface area contributed by atoms with E-state index < -0.39 is 0 Å². The molecule has 2 aromatic carbocycles. The van der Waals surface area contributed by atoms with Crippen molar-refractivity contribution in [1.29, 1.82) is 0 Å². The molecule has 1 heterocycles. The van der Waals surface area contributed by atoms with Crippen LogP contribution in [0.15, 0.2) is 60.9 Å². The number of ether oxygens (including phenoxy) is 1. The molecule has 0 aliphatic rings. The predicted molar refractivity (Wildman–Crippen MR) is 106 cm³/mol. The van der Waals surface area contributed by atoms with Gasteiger partial charge in [-0.25, -0.2) is 9.97 Å². The number of nitrogens with one attached hydrogen (secondary N) is 2. The lowest BCUT2D eigenvalue weighted by molar-refractivity contribution is 0.0949. The van der Waals surface area contributed by atoms with E-state index in [0.29, 0.717) is 35.2 Å². The molecule has 1 aromatic heterocycles. The number of rotatable bonds is 7. The molecular weight excluding hydrogens is 364 g/mol. The number of hydrogen-bond acceptors (Lipinski definition) is 5. The Morgan fingerprint density at radius 2 is 1.89 bits per heavy atom. The van der Waals surface area contributed by atoms with E-state index in [1.54, 1.807) is 13.2 Å². The van der Waals surface area contributed by atoms with Crippen LogP contribution in [0.5, 0.6) is 5.75 Å². The molecule has 0 saturated carbocycles. The molecule has 1 amide bonds. The van der Waals surface area contributed by atoms with Gasteiger partial charge in [0, 0.05) is 17.6 Å². The third kappa shape index (κ3) is 5.18. The maximum absolute atomic E-state index is 12.3. The van der Waals surface area contributed by atoms with Gasteiger partial charge in [-0.15, -0.1) is 0 Å². The summed E-state index contributed by atoms with van der Waals surface area (Å²) in [7, 11) is 1.60. The Morgan fingerprint density at radius 1 is 1.11 bits per heavy atom. The molecule has 3 rings (SSSR count). The SMILES string of the molecule is COc1ccccc1Nc1cc(C(=O)NCCc2ccc(Cl)cc2)ncn1. The minimum atomic E-state index is -0.255. The van der Waals surface area contributed by atoms with Gasteiger partial charge in [0.1, 0.15) is 23.6 Å². The van der Waals surface area contributed by atoms with E-state index >= 15 is 0 Å². The Bertz CT molecular complexity index is 916. The lowest BCUT2D eigenvalue weighted by Gasteiger charge is -2.11. The van der Waals surface area contributed by atoms with Crippen LogP contribution in [0.25, 0.3) is 0 Å². The van der Waals surface area contributed by atoms with Gasteiger partial charge in [-0.3, -0.25) is 4.79 Å². The van der Waals surface area contributed by atoms with Crippen LogP contribution in [0.2, 0.25) is 5.02 Å². The smallest absolute Gasteiger partial charge is 0.270 e. The molecule has 0 radical (unpaired) electrons. The number of anilines is 2. The Morgan fingerprint density at radius 3 is 2.67 bits per heavy atom. The summed E-state index contributed by atoms with van der Waals surface area (Å²) in [5.41, 5.74) is 2.15. The van der Waals surface area contributed by atoms with Crippen LogP contribution in [-0.2, 0) is 6.42 Å². The van der Waals surface area contributed by atoms with E-state index in [1.807, 2.05) is 48.5 Å². The number of halogens is 1. The second-order valence-corrected chi connectivity index (χ2v) is 6.18. The lowest BCUT2D eigenvalue weighted by atomic mass is 10.1. The van der Waals surface area contributed by atoms with E-state index in [1.165, 1.54) is 6.33 Å². The zero-order valence-electron chi connectivity index (χ0n) is 14.8. The van der Waals surface area contributed by atoms with Crippen molar-refractivity contribution in [2.75, 3.05) is 19.0 Å². The quantitative estimate of drug-likeness (QED) is 0.649. The fourth-order valence-electron chi connectivity index (χ4n) is 2.50. The Balaban J connectivity index is 1.60. The number of para-hydroxylation sites is 2. The summed E-state index contributed by atoms with van der Waals surface area (Å²) in [5, 5.41) is 6.69. The lowest BCUT2D eigenvalue weighted by Crippen LogP contribution is -2.26. The molecule has 7 heteroatoms. The number of benzene rings is 2. The topological polar surface area (TPSA) is 76.1 Å². The van der Waals surface area contributed by atoms with Crippen LogP contribution in [0.1, 0.15) is 16.1 Å². The van der Waals surface area contributed by atoms with Crippen molar-refractivity contribution in [3.63, 3.8) is 0 Å². The number of amides is 1. The molecule has 6 nitrogen and oxygen atoms in total. The van der Waals surface area contributed by atoms with E-state index in [2.05, 4.69) is 20.6 Å². The van der Waals surface area contributed by atoms with E-state index in [4.69, 9.17) is 16.3 Å². The molecule has 138 valence electrons. The largest absolute Gasteiger partial charge is 0.495 e. The van der Waals surface area contributed by atoms with Gasteiger partial charge in [0.05, 0.1) is 12.8 Å². The highest BCUT2D eigenvalue weighted by Crippen LogP contribution is 2.26. The first-order valence-corrected chi connectivity index (χ1v) is 8.78. The summed E-state index contributed by atoms with van der Waals surface area (Å²) in [6.45, 7) is 0.500.